The highest BCUT2D eigenvalue weighted by Gasteiger charge is 2.22. The molecule has 0 aliphatic heterocycles. The van der Waals surface area contributed by atoms with Gasteiger partial charge in [0, 0.05) is 17.4 Å². The van der Waals surface area contributed by atoms with E-state index in [1.54, 1.807) is 17.2 Å². The van der Waals surface area contributed by atoms with Crippen molar-refractivity contribution in [3.63, 3.8) is 0 Å². The molecular formula is C24H19N5O. The van der Waals surface area contributed by atoms with Gasteiger partial charge in [0.1, 0.15) is 11.3 Å². The van der Waals surface area contributed by atoms with Crippen molar-refractivity contribution in [2.75, 3.05) is 4.90 Å². The number of anilines is 1. The number of nitrogens with one attached hydrogen (secondary N) is 1. The molecule has 5 aromatic rings. The summed E-state index contributed by atoms with van der Waals surface area (Å²) in [7, 11) is 0. The Morgan fingerprint density at radius 2 is 1.67 bits per heavy atom. The van der Waals surface area contributed by atoms with E-state index in [-0.39, 0.29) is 5.91 Å². The number of hydrogen-bond acceptors (Lipinski definition) is 3. The van der Waals surface area contributed by atoms with Gasteiger partial charge in [-0.25, -0.2) is 4.98 Å². The van der Waals surface area contributed by atoms with E-state index < -0.39 is 0 Å². The number of aromatic amines is 1. The Morgan fingerprint density at radius 1 is 0.933 bits per heavy atom. The van der Waals surface area contributed by atoms with E-state index in [1.807, 2.05) is 89.5 Å². The lowest BCUT2D eigenvalue weighted by atomic mass is 10.1. The molecule has 3 aromatic heterocycles. The summed E-state index contributed by atoms with van der Waals surface area (Å²) in [6.45, 7) is 0.383. The van der Waals surface area contributed by atoms with E-state index in [4.69, 9.17) is 0 Å². The number of benzene rings is 2. The zero-order chi connectivity index (χ0) is 20.3. The minimum atomic E-state index is -0.151. The number of hydrogen-bond donors (Lipinski definition) is 1. The van der Waals surface area contributed by atoms with Gasteiger partial charge in [-0.05, 0) is 30.3 Å². The van der Waals surface area contributed by atoms with Crippen LogP contribution in [0.25, 0.3) is 16.9 Å². The van der Waals surface area contributed by atoms with Crippen molar-refractivity contribution in [3.05, 3.63) is 109 Å². The van der Waals surface area contributed by atoms with Gasteiger partial charge in [-0.3, -0.25) is 9.89 Å². The van der Waals surface area contributed by atoms with Crippen LogP contribution in [0.2, 0.25) is 0 Å². The largest absolute Gasteiger partial charge is 0.302 e. The molecule has 1 amide bonds. The third kappa shape index (κ3) is 3.35. The van der Waals surface area contributed by atoms with Crippen LogP contribution < -0.4 is 4.90 Å². The van der Waals surface area contributed by atoms with E-state index >= 15 is 0 Å². The van der Waals surface area contributed by atoms with Crippen LogP contribution in [0.4, 0.5) is 5.69 Å². The maximum Gasteiger partial charge on any atom is 0.276 e. The molecule has 0 unspecified atom stereocenters. The Labute approximate surface area is 173 Å². The number of amides is 1. The second-order valence-corrected chi connectivity index (χ2v) is 6.94. The smallest absolute Gasteiger partial charge is 0.276 e. The first-order chi connectivity index (χ1) is 14.8. The Hall–Kier alpha value is -4.19. The summed E-state index contributed by atoms with van der Waals surface area (Å²) < 4.78 is 1.99. The highest BCUT2D eigenvalue weighted by molar-refractivity contribution is 6.05. The van der Waals surface area contributed by atoms with Gasteiger partial charge in [-0.15, -0.1) is 0 Å². The number of H-pyrrole nitrogens is 1. The molecular weight excluding hydrogens is 374 g/mol. The Bertz CT molecular complexity index is 1290. The zero-order valence-electron chi connectivity index (χ0n) is 16.1. The molecule has 0 spiro atoms. The first-order valence-electron chi connectivity index (χ1n) is 9.68. The van der Waals surface area contributed by atoms with Crippen LogP contribution in [0.3, 0.4) is 0 Å². The summed E-state index contributed by atoms with van der Waals surface area (Å²) in [5, 5.41) is 7.25. The predicted octanol–water partition coefficient (Wildman–Crippen LogP) is 4.57. The van der Waals surface area contributed by atoms with Crippen LogP contribution >= 0.6 is 0 Å². The van der Waals surface area contributed by atoms with Crippen molar-refractivity contribution in [2.45, 2.75) is 6.54 Å². The molecule has 0 aliphatic carbocycles. The lowest BCUT2D eigenvalue weighted by Gasteiger charge is -2.22. The number of aromatic nitrogens is 4. The number of rotatable bonds is 5. The number of pyridine rings is 1. The molecule has 2 aromatic carbocycles. The first-order valence-corrected chi connectivity index (χ1v) is 9.68. The van der Waals surface area contributed by atoms with Crippen LogP contribution in [0, 0.1) is 0 Å². The summed E-state index contributed by atoms with van der Waals surface area (Å²) in [4.78, 5) is 19.7. The van der Waals surface area contributed by atoms with Crippen LogP contribution in [0.5, 0.6) is 0 Å². The van der Waals surface area contributed by atoms with Crippen molar-refractivity contribution < 1.29 is 4.79 Å². The first kappa shape index (κ1) is 17.9. The van der Waals surface area contributed by atoms with E-state index in [0.717, 1.165) is 28.3 Å². The maximum absolute atomic E-state index is 13.5. The molecule has 0 saturated carbocycles. The SMILES string of the molecule is O=C(c1cc(-c2ccccc2)n[nH]1)N(Cc1cnc2ccccn12)c1ccccc1. The van der Waals surface area contributed by atoms with Gasteiger partial charge in [0.25, 0.3) is 5.91 Å². The lowest BCUT2D eigenvalue weighted by Crippen LogP contribution is -2.31. The van der Waals surface area contributed by atoms with Gasteiger partial charge in [0.2, 0.25) is 0 Å². The molecule has 1 N–H and O–H groups in total. The molecule has 6 nitrogen and oxygen atoms in total. The third-order valence-electron chi connectivity index (χ3n) is 5.00. The van der Waals surface area contributed by atoms with Gasteiger partial charge >= 0.3 is 0 Å². The van der Waals surface area contributed by atoms with Crippen LogP contribution in [-0.4, -0.2) is 25.5 Å². The summed E-state index contributed by atoms with van der Waals surface area (Å²) in [6.07, 6.45) is 3.76. The second-order valence-electron chi connectivity index (χ2n) is 6.94. The van der Waals surface area contributed by atoms with E-state index in [0.29, 0.717) is 12.2 Å². The van der Waals surface area contributed by atoms with Crippen molar-refractivity contribution in [2.24, 2.45) is 0 Å². The minimum absolute atomic E-state index is 0.151. The van der Waals surface area contributed by atoms with Gasteiger partial charge in [-0.1, -0.05) is 54.6 Å². The number of para-hydroxylation sites is 1. The predicted molar refractivity (Wildman–Crippen MR) is 116 cm³/mol. The van der Waals surface area contributed by atoms with E-state index in [2.05, 4.69) is 15.2 Å². The number of carbonyl (C=O) groups is 1. The van der Waals surface area contributed by atoms with Crippen LogP contribution in [-0.2, 0) is 6.54 Å². The molecule has 5 rings (SSSR count). The van der Waals surface area contributed by atoms with Gasteiger partial charge < -0.3 is 9.30 Å². The zero-order valence-corrected chi connectivity index (χ0v) is 16.1. The van der Waals surface area contributed by atoms with Crippen molar-refractivity contribution in [3.8, 4) is 11.3 Å². The highest BCUT2D eigenvalue weighted by Crippen LogP contribution is 2.22. The number of fused-ring (bicyclic) bond motifs is 1. The minimum Gasteiger partial charge on any atom is -0.302 e. The fourth-order valence-electron chi connectivity index (χ4n) is 3.49. The standard InChI is InChI=1S/C24H19N5O/c30-24(22-15-21(26-27-22)18-9-3-1-4-10-18)29(19-11-5-2-6-12-19)17-20-16-25-23-13-7-8-14-28(20)23/h1-16H,17H2,(H,26,27). The number of carbonyl (C=O) groups excluding carboxylic acids is 1. The van der Waals surface area contributed by atoms with Crippen molar-refractivity contribution in [1.29, 1.82) is 0 Å². The maximum atomic E-state index is 13.5. The highest BCUT2D eigenvalue weighted by atomic mass is 16.2. The fraction of sp³-hybridized carbons (Fsp3) is 0.0417. The molecule has 0 saturated heterocycles. The normalized spacial score (nSPS) is 10.9. The molecule has 30 heavy (non-hydrogen) atoms. The molecule has 0 radical (unpaired) electrons. The van der Waals surface area contributed by atoms with Crippen molar-refractivity contribution in [1.82, 2.24) is 19.6 Å². The van der Waals surface area contributed by atoms with E-state index in [9.17, 15) is 4.79 Å². The fourth-order valence-corrected chi connectivity index (χ4v) is 3.49. The van der Waals surface area contributed by atoms with Gasteiger partial charge in [0.05, 0.1) is 24.1 Å². The van der Waals surface area contributed by atoms with Gasteiger partial charge in [-0.2, -0.15) is 5.10 Å². The lowest BCUT2D eigenvalue weighted by molar-refractivity contribution is 0.0980. The average Bonchev–Trinajstić information content (AvgIpc) is 3.46. The molecule has 0 fully saturated rings. The van der Waals surface area contributed by atoms with Gasteiger partial charge in [0.15, 0.2) is 0 Å². The van der Waals surface area contributed by atoms with Crippen molar-refractivity contribution >= 4 is 17.2 Å². The summed E-state index contributed by atoms with van der Waals surface area (Å²) in [5.41, 5.74) is 4.71. The average molecular weight is 393 g/mol. The topological polar surface area (TPSA) is 66.3 Å². The Kier molecular flexibility index (Phi) is 4.57. The van der Waals surface area contributed by atoms with Crippen LogP contribution in [0.15, 0.2) is 97.3 Å². The summed E-state index contributed by atoms with van der Waals surface area (Å²) >= 11 is 0. The Balaban J connectivity index is 1.51. The Morgan fingerprint density at radius 3 is 2.47 bits per heavy atom. The molecule has 3 heterocycles. The number of nitrogens with zero attached hydrogens (tertiary/aromatic N) is 4. The summed E-state index contributed by atoms with van der Waals surface area (Å²) in [5.74, 6) is -0.151. The summed E-state index contributed by atoms with van der Waals surface area (Å²) in [6, 6.07) is 27.1. The second kappa shape index (κ2) is 7.67. The molecule has 6 heteroatoms. The molecule has 0 bridgehead atoms. The monoisotopic (exact) mass is 393 g/mol. The van der Waals surface area contributed by atoms with E-state index in [1.165, 1.54) is 0 Å². The number of imidazole rings is 1. The quantitative estimate of drug-likeness (QED) is 0.476. The molecule has 0 aliphatic rings. The molecule has 146 valence electrons. The third-order valence-corrected chi connectivity index (χ3v) is 5.00. The molecule has 0 atom stereocenters. The van der Waals surface area contributed by atoms with Crippen LogP contribution in [0.1, 0.15) is 16.2 Å².